The molecule has 5 heteroatoms. The molecule has 2 aliphatic heterocycles. The van der Waals surface area contributed by atoms with Gasteiger partial charge in [0.25, 0.3) is 0 Å². The van der Waals surface area contributed by atoms with Gasteiger partial charge in [-0.05, 0) is 0 Å². The fourth-order valence-corrected chi connectivity index (χ4v) is 8.79. The van der Waals surface area contributed by atoms with E-state index >= 15 is 0 Å². The van der Waals surface area contributed by atoms with Gasteiger partial charge in [0.15, 0.2) is 0 Å². The molecular weight excluding hydrogens is 351 g/mol. The Balaban J connectivity index is 1.66. The summed E-state index contributed by atoms with van der Waals surface area (Å²) < 4.78 is 5.87. The van der Waals surface area contributed by atoms with E-state index in [9.17, 15) is 0 Å². The van der Waals surface area contributed by atoms with E-state index in [-0.39, 0.29) is 0 Å². The van der Waals surface area contributed by atoms with Gasteiger partial charge in [0.1, 0.15) is 0 Å². The zero-order valence-electron chi connectivity index (χ0n) is 8.66. The van der Waals surface area contributed by atoms with Crippen molar-refractivity contribution in [3.8, 4) is 0 Å². The van der Waals surface area contributed by atoms with Gasteiger partial charge in [0.05, 0.1) is 0 Å². The van der Waals surface area contributed by atoms with E-state index in [4.69, 9.17) is 0 Å². The maximum atomic E-state index is 2.32. The van der Waals surface area contributed by atoms with E-state index in [1.807, 2.05) is 47.0 Å². The minimum atomic E-state index is 0.461. The monoisotopic (exact) mass is 360 g/mol. The van der Waals surface area contributed by atoms with Crippen LogP contribution < -0.4 is 4.46 Å². The molecule has 0 aromatic heterocycles. The van der Waals surface area contributed by atoms with Gasteiger partial charge in [-0.1, -0.05) is 0 Å². The van der Waals surface area contributed by atoms with Gasteiger partial charge in [-0.3, -0.25) is 0 Å². The molecule has 0 spiro atoms. The summed E-state index contributed by atoms with van der Waals surface area (Å²) in [6.07, 6.45) is 0. The number of hydrogen-bond donors (Lipinski definition) is 0. The maximum absolute atomic E-state index is 2.32. The molecule has 0 atom stereocenters. The standard InChI is InChI=1S/C12H8S4Se/c1-2-4-9(5-3-1)17-10-8-15-12(16-10)11-13-6-7-14-11/h1-8H. The van der Waals surface area contributed by atoms with Crippen LogP contribution in [0.1, 0.15) is 0 Å². The van der Waals surface area contributed by atoms with Crippen molar-refractivity contribution in [2.75, 3.05) is 0 Å². The van der Waals surface area contributed by atoms with Gasteiger partial charge in [0.2, 0.25) is 0 Å². The predicted molar refractivity (Wildman–Crippen MR) is 86.4 cm³/mol. The average molecular weight is 359 g/mol. The Morgan fingerprint density at radius 1 is 0.824 bits per heavy atom. The van der Waals surface area contributed by atoms with Crippen LogP contribution in [0, 0.1) is 0 Å². The molecular formula is C12H8S4Se. The Hall–Kier alpha value is 0.359. The second-order valence-electron chi connectivity index (χ2n) is 3.15. The summed E-state index contributed by atoms with van der Waals surface area (Å²) >= 11 is 7.98. The SMILES string of the molecule is C1=CSC(=C2SC=C([Se]c3ccccc3)S2)S1. The molecule has 0 bridgehead atoms. The number of hydrogen-bond acceptors (Lipinski definition) is 4. The van der Waals surface area contributed by atoms with Crippen molar-refractivity contribution in [2.24, 2.45) is 0 Å². The molecule has 0 radical (unpaired) electrons. The quantitative estimate of drug-likeness (QED) is 0.719. The number of rotatable bonds is 2. The predicted octanol–water partition coefficient (Wildman–Crippen LogP) is 4.37. The molecule has 0 fully saturated rings. The van der Waals surface area contributed by atoms with E-state index in [0.717, 1.165) is 0 Å². The Morgan fingerprint density at radius 2 is 1.59 bits per heavy atom. The molecule has 2 aliphatic rings. The van der Waals surface area contributed by atoms with Gasteiger partial charge in [-0.15, -0.1) is 0 Å². The minimum absolute atomic E-state index is 0.461. The Bertz CT molecular complexity index is 494. The van der Waals surface area contributed by atoms with Crippen molar-refractivity contribution in [3.63, 3.8) is 0 Å². The molecule has 17 heavy (non-hydrogen) atoms. The molecule has 0 amide bonds. The van der Waals surface area contributed by atoms with Gasteiger partial charge in [-0.25, -0.2) is 0 Å². The first kappa shape index (κ1) is 12.4. The first-order chi connectivity index (χ1) is 8.42. The summed E-state index contributed by atoms with van der Waals surface area (Å²) in [4.78, 5) is 0. The zero-order valence-corrected chi connectivity index (χ0v) is 13.6. The van der Waals surface area contributed by atoms with E-state index < -0.39 is 0 Å². The molecule has 1 aromatic rings. The van der Waals surface area contributed by atoms with Crippen molar-refractivity contribution in [1.82, 2.24) is 0 Å². The summed E-state index contributed by atoms with van der Waals surface area (Å²) in [5.74, 6) is 0. The molecule has 3 rings (SSSR count). The summed E-state index contributed by atoms with van der Waals surface area (Å²) in [7, 11) is 0. The average Bonchev–Trinajstić information content (AvgIpc) is 3.00. The second kappa shape index (κ2) is 6.00. The van der Waals surface area contributed by atoms with Crippen molar-refractivity contribution in [3.05, 3.63) is 58.8 Å². The van der Waals surface area contributed by atoms with Crippen LogP contribution in [0.25, 0.3) is 0 Å². The molecule has 2 heterocycles. The normalized spacial score (nSPS) is 18.9. The van der Waals surface area contributed by atoms with Crippen molar-refractivity contribution < 1.29 is 0 Å². The third-order valence-corrected chi connectivity index (χ3v) is 9.83. The Morgan fingerprint density at radius 3 is 2.35 bits per heavy atom. The van der Waals surface area contributed by atoms with Crippen LogP contribution in [-0.2, 0) is 0 Å². The van der Waals surface area contributed by atoms with Crippen LogP contribution in [0.5, 0.6) is 0 Å². The van der Waals surface area contributed by atoms with Gasteiger partial charge in [-0.2, -0.15) is 0 Å². The van der Waals surface area contributed by atoms with Crippen LogP contribution in [0.4, 0.5) is 0 Å². The molecule has 86 valence electrons. The molecule has 0 aliphatic carbocycles. The van der Waals surface area contributed by atoms with E-state index in [1.54, 1.807) is 0 Å². The molecule has 0 N–H and O–H groups in total. The van der Waals surface area contributed by atoms with Crippen LogP contribution in [0.2, 0.25) is 0 Å². The van der Waals surface area contributed by atoms with Crippen LogP contribution in [0.3, 0.4) is 0 Å². The fraction of sp³-hybridized carbons (Fsp3) is 0. The van der Waals surface area contributed by atoms with E-state index in [2.05, 4.69) is 46.6 Å². The third kappa shape index (κ3) is 3.22. The van der Waals surface area contributed by atoms with Crippen LogP contribution in [-0.4, -0.2) is 15.0 Å². The zero-order chi connectivity index (χ0) is 11.5. The summed E-state index contributed by atoms with van der Waals surface area (Å²) in [5, 5.41) is 6.64. The van der Waals surface area contributed by atoms with Crippen LogP contribution >= 0.6 is 47.0 Å². The van der Waals surface area contributed by atoms with Crippen molar-refractivity contribution in [2.45, 2.75) is 0 Å². The topological polar surface area (TPSA) is 0 Å². The Kier molecular flexibility index (Phi) is 4.38. The molecule has 0 saturated carbocycles. The van der Waals surface area contributed by atoms with Crippen molar-refractivity contribution >= 4 is 66.5 Å². The molecule has 1 aromatic carbocycles. The van der Waals surface area contributed by atoms with E-state index in [1.165, 1.54) is 16.7 Å². The molecule has 0 unspecified atom stereocenters. The number of thioether (sulfide) groups is 4. The van der Waals surface area contributed by atoms with Gasteiger partial charge < -0.3 is 0 Å². The first-order valence-electron chi connectivity index (χ1n) is 4.92. The third-order valence-electron chi connectivity index (χ3n) is 1.99. The van der Waals surface area contributed by atoms with E-state index in [0.29, 0.717) is 15.0 Å². The first-order valence-corrected chi connectivity index (χ1v) is 10.1. The van der Waals surface area contributed by atoms with Gasteiger partial charge in [0, 0.05) is 0 Å². The second-order valence-corrected chi connectivity index (χ2v) is 10.4. The van der Waals surface area contributed by atoms with Gasteiger partial charge >= 0.3 is 125 Å². The van der Waals surface area contributed by atoms with Crippen LogP contribution in [0.15, 0.2) is 58.8 Å². The summed E-state index contributed by atoms with van der Waals surface area (Å²) in [6.45, 7) is 0. The summed E-state index contributed by atoms with van der Waals surface area (Å²) in [6, 6.07) is 10.8. The molecule has 0 nitrogen and oxygen atoms in total. The fourth-order valence-electron chi connectivity index (χ4n) is 1.28. The Labute approximate surface area is 124 Å². The van der Waals surface area contributed by atoms with Crippen molar-refractivity contribution in [1.29, 1.82) is 0 Å². The molecule has 0 saturated heterocycles. The number of benzene rings is 1. The summed E-state index contributed by atoms with van der Waals surface area (Å²) in [5.41, 5.74) is 0.